The molecule has 2 rings (SSSR count). The van der Waals surface area contributed by atoms with Crippen LogP contribution in [0.4, 0.5) is 5.69 Å². The number of thiocarbonyl (C=S) groups is 1. The molecule has 0 atom stereocenters. The predicted molar refractivity (Wildman–Crippen MR) is 107 cm³/mol. The second-order valence-electron chi connectivity index (χ2n) is 5.88. The average Bonchev–Trinajstić information content (AvgIpc) is 2.61. The lowest BCUT2D eigenvalue weighted by Crippen LogP contribution is -2.44. The monoisotopic (exact) mass is 391 g/mol. The largest absolute Gasteiger partial charge is 0.331 e. The summed E-state index contributed by atoms with van der Waals surface area (Å²) in [6.45, 7) is 3.86. The number of anilines is 1. The van der Waals surface area contributed by atoms with Gasteiger partial charge in [-0.25, -0.2) is 8.42 Å². The molecule has 2 aromatic carbocycles. The van der Waals surface area contributed by atoms with E-state index in [0.29, 0.717) is 0 Å². The van der Waals surface area contributed by atoms with Crippen molar-refractivity contribution in [3.05, 3.63) is 59.7 Å². The van der Waals surface area contributed by atoms with Crippen LogP contribution in [0.3, 0.4) is 0 Å². The molecule has 0 aliphatic carbocycles. The standard InChI is InChI=1S/C18H21N3O3S2/c1-13-3-7-15(8-4-13)19-18(25)21-20-17(22)11-12-26(23,24)16-9-5-14(2)6-10-16/h3-10H,11-12H2,1-2H3,(H,20,22)(H2,19,21,25). The maximum atomic E-state index is 12.2. The normalized spacial score (nSPS) is 10.8. The minimum Gasteiger partial charge on any atom is -0.331 e. The maximum absolute atomic E-state index is 12.2. The van der Waals surface area contributed by atoms with Crippen molar-refractivity contribution in [1.29, 1.82) is 0 Å². The molecule has 1 amide bonds. The highest BCUT2D eigenvalue weighted by molar-refractivity contribution is 7.91. The van der Waals surface area contributed by atoms with Crippen LogP contribution in [0, 0.1) is 13.8 Å². The topological polar surface area (TPSA) is 87.3 Å². The fourth-order valence-electron chi connectivity index (χ4n) is 2.08. The van der Waals surface area contributed by atoms with Gasteiger partial charge in [0.1, 0.15) is 0 Å². The molecule has 0 aliphatic heterocycles. The molecular formula is C18H21N3O3S2. The SMILES string of the molecule is Cc1ccc(NC(=S)NNC(=O)CCS(=O)(=O)c2ccc(C)cc2)cc1. The average molecular weight is 392 g/mol. The smallest absolute Gasteiger partial charge is 0.239 e. The minimum atomic E-state index is -3.50. The van der Waals surface area contributed by atoms with Gasteiger partial charge in [0.25, 0.3) is 0 Å². The van der Waals surface area contributed by atoms with Gasteiger partial charge in [0, 0.05) is 12.1 Å². The fraction of sp³-hybridized carbons (Fsp3) is 0.222. The number of sulfone groups is 1. The van der Waals surface area contributed by atoms with Gasteiger partial charge in [-0.1, -0.05) is 35.4 Å². The highest BCUT2D eigenvalue weighted by Gasteiger charge is 2.16. The van der Waals surface area contributed by atoms with E-state index in [0.717, 1.165) is 16.8 Å². The Kier molecular flexibility index (Phi) is 6.70. The molecule has 0 saturated heterocycles. The van der Waals surface area contributed by atoms with E-state index in [4.69, 9.17) is 12.2 Å². The summed E-state index contributed by atoms with van der Waals surface area (Å²) in [4.78, 5) is 12.1. The molecule has 0 aromatic heterocycles. The van der Waals surface area contributed by atoms with Gasteiger partial charge in [0.2, 0.25) is 5.91 Å². The first-order chi connectivity index (χ1) is 12.3. The van der Waals surface area contributed by atoms with Crippen molar-refractivity contribution in [3.63, 3.8) is 0 Å². The molecule has 6 nitrogen and oxygen atoms in total. The van der Waals surface area contributed by atoms with Crippen molar-refractivity contribution >= 4 is 38.8 Å². The number of aryl methyl sites for hydroxylation is 2. The van der Waals surface area contributed by atoms with Crippen LogP contribution in [-0.2, 0) is 14.6 Å². The number of carbonyl (C=O) groups excluding carboxylic acids is 1. The third-order valence-corrected chi connectivity index (χ3v) is 5.54. The Bertz CT molecular complexity index is 877. The van der Waals surface area contributed by atoms with E-state index in [1.807, 2.05) is 38.1 Å². The molecule has 0 aliphatic rings. The summed E-state index contributed by atoms with van der Waals surface area (Å²) in [6, 6.07) is 14.1. The van der Waals surface area contributed by atoms with E-state index >= 15 is 0 Å². The van der Waals surface area contributed by atoms with Gasteiger partial charge in [-0.05, 0) is 50.3 Å². The van der Waals surface area contributed by atoms with Crippen LogP contribution in [0.5, 0.6) is 0 Å². The molecule has 26 heavy (non-hydrogen) atoms. The van der Waals surface area contributed by atoms with Crippen molar-refractivity contribution in [1.82, 2.24) is 10.9 Å². The van der Waals surface area contributed by atoms with Gasteiger partial charge in [-0.15, -0.1) is 0 Å². The molecule has 0 unspecified atom stereocenters. The van der Waals surface area contributed by atoms with E-state index in [1.54, 1.807) is 24.3 Å². The Hall–Kier alpha value is -2.45. The zero-order chi connectivity index (χ0) is 19.2. The number of amides is 1. The van der Waals surface area contributed by atoms with E-state index < -0.39 is 15.7 Å². The lowest BCUT2D eigenvalue weighted by atomic mass is 10.2. The summed E-state index contributed by atoms with van der Waals surface area (Å²) in [7, 11) is -3.50. The Morgan fingerprint density at radius 1 is 0.923 bits per heavy atom. The molecule has 2 aromatic rings. The van der Waals surface area contributed by atoms with Crippen molar-refractivity contribution in [3.8, 4) is 0 Å². The first-order valence-electron chi connectivity index (χ1n) is 7.98. The van der Waals surface area contributed by atoms with Crippen LogP contribution in [-0.4, -0.2) is 25.2 Å². The van der Waals surface area contributed by atoms with Crippen molar-refractivity contribution in [2.45, 2.75) is 25.2 Å². The zero-order valence-electron chi connectivity index (χ0n) is 14.6. The molecular weight excluding hydrogens is 370 g/mol. The Labute approximate surface area is 158 Å². The third-order valence-electron chi connectivity index (χ3n) is 3.60. The number of benzene rings is 2. The van der Waals surface area contributed by atoms with Crippen molar-refractivity contribution in [2.75, 3.05) is 11.1 Å². The number of rotatable bonds is 5. The summed E-state index contributed by atoms with van der Waals surface area (Å²) in [5, 5.41) is 3.13. The van der Waals surface area contributed by atoms with Crippen LogP contribution in [0.25, 0.3) is 0 Å². The molecule has 3 N–H and O–H groups in total. The first-order valence-corrected chi connectivity index (χ1v) is 10.0. The molecule has 0 saturated carbocycles. The van der Waals surface area contributed by atoms with E-state index in [-0.39, 0.29) is 22.2 Å². The zero-order valence-corrected chi connectivity index (χ0v) is 16.2. The Morgan fingerprint density at radius 3 is 2.04 bits per heavy atom. The summed E-state index contributed by atoms with van der Waals surface area (Å²) >= 11 is 5.08. The van der Waals surface area contributed by atoms with E-state index in [2.05, 4.69) is 16.2 Å². The molecule has 8 heteroatoms. The number of hydrogen-bond donors (Lipinski definition) is 3. The van der Waals surface area contributed by atoms with Gasteiger partial charge in [0.15, 0.2) is 14.9 Å². The lowest BCUT2D eigenvalue weighted by molar-refractivity contribution is -0.121. The summed E-state index contributed by atoms with van der Waals surface area (Å²) in [5.74, 6) is -0.740. The van der Waals surface area contributed by atoms with Gasteiger partial charge < -0.3 is 5.32 Å². The van der Waals surface area contributed by atoms with Gasteiger partial charge in [-0.2, -0.15) is 0 Å². The molecule has 0 fully saturated rings. The number of carbonyl (C=O) groups is 1. The second-order valence-corrected chi connectivity index (χ2v) is 8.39. The minimum absolute atomic E-state index is 0.170. The molecule has 0 spiro atoms. The van der Waals surface area contributed by atoms with Crippen LogP contribution in [0.2, 0.25) is 0 Å². The highest BCUT2D eigenvalue weighted by atomic mass is 32.2. The quantitative estimate of drug-likeness (QED) is 0.536. The van der Waals surface area contributed by atoms with Crippen molar-refractivity contribution < 1.29 is 13.2 Å². The number of hydrogen-bond acceptors (Lipinski definition) is 4. The van der Waals surface area contributed by atoms with Crippen LogP contribution >= 0.6 is 12.2 Å². The first kappa shape index (κ1) is 19.9. The highest BCUT2D eigenvalue weighted by Crippen LogP contribution is 2.13. The van der Waals surface area contributed by atoms with Gasteiger partial charge >= 0.3 is 0 Å². The summed E-state index contributed by atoms with van der Waals surface area (Å²) < 4.78 is 24.4. The van der Waals surface area contributed by atoms with Crippen LogP contribution in [0.15, 0.2) is 53.4 Å². The summed E-state index contributed by atoms with van der Waals surface area (Å²) in [5.41, 5.74) is 7.82. The molecule has 138 valence electrons. The fourth-order valence-corrected chi connectivity index (χ4v) is 3.49. The van der Waals surface area contributed by atoms with Crippen LogP contribution in [0.1, 0.15) is 17.5 Å². The number of hydrazine groups is 1. The molecule has 0 radical (unpaired) electrons. The second kappa shape index (κ2) is 8.77. The Balaban J connectivity index is 1.78. The summed E-state index contributed by atoms with van der Waals surface area (Å²) in [6.07, 6.45) is -0.170. The van der Waals surface area contributed by atoms with Crippen LogP contribution < -0.4 is 16.2 Å². The Morgan fingerprint density at radius 2 is 1.46 bits per heavy atom. The molecule has 0 bridgehead atoms. The number of nitrogens with one attached hydrogen (secondary N) is 3. The van der Waals surface area contributed by atoms with Crippen molar-refractivity contribution in [2.24, 2.45) is 0 Å². The van der Waals surface area contributed by atoms with Gasteiger partial charge in [-0.3, -0.25) is 15.6 Å². The molecule has 0 heterocycles. The van der Waals surface area contributed by atoms with E-state index in [1.165, 1.54) is 0 Å². The van der Waals surface area contributed by atoms with E-state index in [9.17, 15) is 13.2 Å². The predicted octanol–water partition coefficient (Wildman–Crippen LogP) is 2.49. The lowest BCUT2D eigenvalue weighted by Gasteiger charge is -2.12. The third kappa shape index (κ3) is 6.12. The van der Waals surface area contributed by atoms with Gasteiger partial charge in [0.05, 0.1) is 10.6 Å². The maximum Gasteiger partial charge on any atom is 0.239 e.